The molecule has 1 aliphatic rings. The number of hydrogen-bond donors (Lipinski definition) is 0. The number of anilines is 1. The van der Waals surface area contributed by atoms with Gasteiger partial charge in [0.25, 0.3) is 0 Å². The van der Waals surface area contributed by atoms with E-state index in [2.05, 4.69) is 12.1 Å². The molecule has 0 unspecified atom stereocenters. The normalized spacial score (nSPS) is 13.9. The molecule has 1 aromatic carbocycles. The summed E-state index contributed by atoms with van der Waals surface area (Å²) in [4.78, 5) is 25.7. The molecule has 18 heavy (non-hydrogen) atoms. The summed E-state index contributed by atoms with van der Waals surface area (Å²) < 4.78 is 0. The predicted octanol–water partition coefficient (Wildman–Crippen LogP) is 2.67. The van der Waals surface area contributed by atoms with E-state index in [0.717, 1.165) is 12.1 Å². The van der Waals surface area contributed by atoms with E-state index in [9.17, 15) is 9.59 Å². The van der Waals surface area contributed by atoms with Crippen molar-refractivity contribution in [3.05, 3.63) is 23.8 Å². The molecule has 0 atom stereocenters. The Bertz CT molecular complexity index is 485. The summed E-state index contributed by atoms with van der Waals surface area (Å²) >= 11 is 1.87. The molecule has 96 valence electrons. The van der Waals surface area contributed by atoms with E-state index in [-0.39, 0.29) is 18.1 Å². The molecule has 0 aliphatic carbocycles. The molecule has 0 spiro atoms. The van der Waals surface area contributed by atoms with Crippen molar-refractivity contribution in [3.8, 4) is 0 Å². The highest BCUT2D eigenvalue weighted by Gasteiger charge is 2.16. The first-order valence-corrected chi connectivity index (χ1v) is 7.08. The molecule has 0 aromatic heterocycles. The molecule has 1 heterocycles. The van der Waals surface area contributed by atoms with Crippen molar-refractivity contribution in [1.29, 1.82) is 0 Å². The molecule has 1 amide bonds. The van der Waals surface area contributed by atoms with Gasteiger partial charge in [-0.1, -0.05) is 0 Å². The summed E-state index contributed by atoms with van der Waals surface area (Å²) in [5.74, 6) is 0.928. The first kappa shape index (κ1) is 13.1. The number of Topliss-reactive ketones (excluding diaryl/α,β-unsaturated/α-hetero) is 1. The minimum atomic E-state index is -0.147. The molecule has 1 aliphatic heterocycles. The number of thioether (sulfide) groups is 1. The van der Waals surface area contributed by atoms with E-state index in [4.69, 9.17) is 0 Å². The highest BCUT2D eigenvalue weighted by Crippen LogP contribution is 2.32. The lowest BCUT2D eigenvalue weighted by molar-refractivity contribution is -0.125. The second-order valence-corrected chi connectivity index (χ2v) is 5.71. The van der Waals surface area contributed by atoms with Gasteiger partial charge in [0.2, 0.25) is 5.91 Å². The van der Waals surface area contributed by atoms with Crippen LogP contribution in [0.5, 0.6) is 0 Å². The topological polar surface area (TPSA) is 37.4 Å². The second-order valence-electron chi connectivity index (χ2n) is 4.58. The smallest absolute Gasteiger partial charge is 0.234 e. The van der Waals surface area contributed by atoms with Crippen LogP contribution in [0.1, 0.15) is 25.3 Å². The van der Waals surface area contributed by atoms with Crippen LogP contribution in [0.3, 0.4) is 0 Å². The highest BCUT2D eigenvalue weighted by molar-refractivity contribution is 7.99. The van der Waals surface area contributed by atoms with E-state index in [1.54, 1.807) is 11.9 Å². The molecule has 2 rings (SSSR count). The maximum atomic E-state index is 11.8. The van der Waals surface area contributed by atoms with Crippen molar-refractivity contribution < 1.29 is 9.59 Å². The van der Waals surface area contributed by atoms with Gasteiger partial charge in [-0.25, -0.2) is 0 Å². The lowest BCUT2D eigenvalue weighted by atomic mass is 10.1. The van der Waals surface area contributed by atoms with Gasteiger partial charge in [-0.3, -0.25) is 9.59 Å². The number of benzene rings is 1. The Morgan fingerprint density at radius 1 is 1.39 bits per heavy atom. The first-order chi connectivity index (χ1) is 8.58. The van der Waals surface area contributed by atoms with Gasteiger partial charge in [0.05, 0.1) is 6.42 Å². The van der Waals surface area contributed by atoms with E-state index in [1.807, 2.05) is 17.8 Å². The number of aryl methyl sites for hydroxylation is 1. The molecule has 4 heteroatoms. The van der Waals surface area contributed by atoms with Crippen LogP contribution in [0.25, 0.3) is 0 Å². The Morgan fingerprint density at radius 2 is 2.17 bits per heavy atom. The van der Waals surface area contributed by atoms with E-state index < -0.39 is 0 Å². The molecule has 0 fully saturated rings. The Hall–Kier alpha value is -1.29. The van der Waals surface area contributed by atoms with Gasteiger partial charge in [0, 0.05) is 17.6 Å². The van der Waals surface area contributed by atoms with Crippen molar-refractivity contribution in [2.24, 2.45) is 0 Å². The lowest BCUT2D eigenvalue weighted by Crippen LogP contribution is -2.27. The number of carbonyl (C=O) groups is 2. The first-order valence-electron chi connectivity index (χ1n) is 6.09. The van der Waals surface area contributed by atoms with Crippen molar-refractivity contribution in [3.63, 3.8) is 0 Å². The third-order valence-corrected chi connectivity index (χ3v) is 4.26. The average molecular weight is 263 g/mol. The highest BCUT2D eigenvalue weighted by atomic mass is 32.2. The third-order valence-electron chi connectivity index (χ3n) is 3.05. The van der Waals surface area contributed by atoms with Crippen LogP contribution in [0.15, 0.2) is 23.1 Å². The Kier molecular flexibility index (Phi) is 4.07. The SMILES string of the molecule is CC(=O)CC(=O)N(C)c1ccc2c(c1)CCCS2. The summed E-state index contributed by atoms with van der Waals surface area (Å²) in [5.41, 5.74) is 2.19. The zero-order chi connectivity index (χ0) is 13.1. The number of ketones is 1. The van der Waals surface area contributed by atoms with Crippen LogP contribution in [-0.4, -0.2) is 24.5 Å². The van der Waals surface area contributed by atoms with Gasteiger partial charge in [0.1, 0.15) is 5.78 Å². The summed E-state index contributed by atoms with van der Waals surface area (Å²) in [7, 11) is 1.73. The fraction of sp³-hybridized carbons (Fsp3) is 0.429. The fourth-order valence-electron chi connectivity index (χ4n) is 2.03. The Balaban J connectivity index is 2.18. The predicted molar refractivity (Wildman–Crippen MR) is 74.2 cm³/mol. The Morgan fingerprint density at radius 3 is 2.89 bits per heavy atom. The van der Waals surface area contributed by atoms with Crippen molar-refractivity contribution >= 4 is 29.1 Å². The third kappa shape index (κ3) is 2.93. The number of hydrogen-bond acceptors (Lipinski definition) is 3. The van der Waals surface area contributed by atoms with Crippen LogP contribution in [0.2, 0.25) is 0 Å². The van der Waals surface area contributed by atoms with Gasteiger partial charge in [-0.15, -0.1) is 11.8 Å². The number of rotatable bonds is 3. The van der Waals surface area contributed by atoms with Crippen LogP contribution < -0.4 is 4.90 Å². The fourth-order valence-corrected chi connectivity index (χ4v) is 3.05. The van der Waals surface area contributed by atoms with Gasteiger partial charge in [0.15, 0.2) is 0 Å². The van der Waals surface area contributed by atoms with Crippen molar-refractivity contribution in [2.45, 2.75) is 31.1 Å². The minimum Gasteiger partial charge on any atom is -0.315 e. The summed E-state index contributed by atoms with van der Waals surface area (Å²) in [6.45, 7) is 1.44. The second kappa shape index (κ2) is 5.57. The monoisotopic (exact) mass is 263 g/mol. The summed E-state index contributed by atoms with van der Waals surface area (Å²) in [5, 5.41) is 0. The van der Waals surface area contributed by atoms with Gasteiger partial charge in [-0.2, -0.15) is 0 Å². The standard InChI is InChI=1S/C14H17NO2S/c1-10(16)8-14(17)15(2)12-5-6-13-11(9-12)4-3-7-18-13/h5-6,9H,3-4,7-8H2,1-2H3. The molecule has 0 bridgehead atoms. The van der Waals surface area contributed by atoms with Crippen LogP contribution in [0.4, 0.5) is 5.69 Å². The minimum absolute atomic E-state index is 0.0255. The maximum Gasteiger partial charge on any atom is 0.234 e. The summed E-state index contributed by atoms with van der Waals surface area (Å²) in [6.07, 6.45) is 2.24. The number of carbonyl (C=O) groups excluding carboxylic acids is 2. The van der Waals surface area contributed by atoms with Gasteiger partial charge >= 0.3 is 0 Å². The van der Waals surface area contributed by atoms with Crippen LogP contribution >= 0.6 is 11.8 Å². The molecule has 3 nitrogen and oxygen atoms in total. The molecular formula is C14H17NO2S. The molecule has 1 aromatic rings. The van der Waals surface area contributed by atoms with Gasteiger partial charge < -0.3 is 4.90 Å². The maximum absolute atomic E-state index is 11.8. The van der Waals surface area contributed by atoms with Crippen molar-refractivity contribution in [1.82, 2.24) is 0 Å². The molecule has 0 N–H and O–H groups in total. The van der Waals surface area contributed by atoms with E-state index in [1.165, 1.54) is 29.6 Å². The van der Waals surface area contributed by atoms with Crippen LogP contribution in [-0.2, 0) is 16.0 Å². The zero-order valence-electron chi connectivity index (χ0n) is 10.7. The van der Waals surface area contributed by atoms with E-state index in [0.29, 0.717) is 0 Å². The molecular weight excluding hydrogens is 246 g/mol. The molecule has 0 saturated carbocycles. The average Bonchev–Trinajstić information content (AvgIpc) is 2.36. The molecule has 0 radical (unpaired) electrons. The molecule has 0 saturated heterocycles. The zero-order valence-corrected chi connectivity index (χ0v) is 11.5. The number of amides is 1. The number of nitrogens with zero attached hydrogens (tertiary/aromatic N) is 1. The lowest BCUT2D eigenvalue weighted by Gasteiger charge is -2.21. The van der Waals surface area contributed by atoms with E-state index >= 15 is 0 Å². The Labute approximate surface area is 112 Å². The summed E-state index contributed by atoms with van der Waals surface area (Å²) in [6, 6.07) is 6.10. The largest absolute Gasteiger partial charge is 0.315 e. The quantitative estimate of drug-likeness (QED) is 0.787. The van der Waals surface area contributed by atoms with Crippen LogP contribution in [0, 0.1) is 0 Å². The van der Waals surface area contributed by atoms with Crippen molar-refractivity contribution in [2.75, 3.05) is 17.7 Å². The number of fused-ring (bicyclic) bond motifs is 1. The van der Waals surface area contributed by atoms with Gasteiger partial charge in [-0.05, 0) is 49.3 Å².